The summed E-state index contributed by atoms with van der Waals surface area (Å²) >= 11 is 5.56. The molecule has 1 heterocycles. The van der Waals surface area contributed by atoms with Crippen LogP contribution in [-0.2, 0) is 6.42 Å². The lowest BCUT2D eigenvalue weighted by atomic mass is 9.93. The van der Waals surface area contributed by atoms with Gasteiger partial charge in [-0.2, -0.15) is 0 Å². The van der Waals surface area contributed by atoms with Crippen molar-refractivity contribution in [1.82, 2.24) is 5.32 Å². The van der Waals surface area contributed by atoms with Crippen LogP contribution in [-0.4, -0.2) is 13.1 Å². The van der Waals surface area contributed by atoms with Gasteiger partial charge >= 0.3 is 0 Å². The van der Waals surface area contributed by atoms with Crippen LogP contribution in [0.25, 0.3) is 0 Å². The van der Waals surface area contributed by atoms with Crippen molar-refractivity contribution in [3.8, 4) is 0 Å². The number of hydrogen-bond acceptors (Lipinski definition) is 2. The van der Waals surface area contributed by atoms with E-state index >= 15 is 0 Å². The molecule has 1 aromatic heterocycles. The van der Waals surface area contributed by atoms with E-state index in [0.29, 0.717) is 5.92 Å². The number of thiophene rings is 1. The second kappa shape index (κ2) is 8.60. The molecular formula is C17H22BrNS. The van der Waals surface area contributed by atoms with Crippen LogP contribution in [0.15, 0.2) is 46.3 Å². The number of benzene rings is 1. The minimum atomic E-state index is 0.569. The van der Waals surface area contributed by atoms with Crippen molar-refractivity contribution >= 4 is 27.3 Å². The predicted molar refractivity (Wildman–Crippen MR) is 92.7 cm³/mol. The van der Waals surface area contributed by atoms with Crippen molar-refractivity contribution < 1.29 is 0 Å². The molecule has 0 radical (unpaired) electrons. The maximum atomic E-state index is 3.70. The molecule has 1 N–H and O–H groups in total. The Hall–Kier alpha value is -0.640. The highest BCUT2D eigenvalue weighted by Gasteiger charge is 2.14. The Kier molecular flexibility index (Phi) is 6.77. The molecule has 0 aliphatic rings. The molecule has 0 spiro atoms. The monoisotopic (exact) mass is 351 g/mol. The molecule has 0 bridgehead atoms. The Balaban J connectivity index is 2.02. The van der Waals surface area contributed by atoms with E-state index in [1.807, 2.05) is 11.3 Å². The molecule has 0 aliphatic heterocycles. The first-order valence-corrected chi connectivity index (χ1v) is 8.96. The van der Waals surface area contributed by atoms with Gasteiger partial charge in [-0.05, 0) is 54.8 Å². The van der Waals surface area contributed by atoms with Crippen LogP contribution in [0, 0.1) is 0 Å². The second-order valence-electron chi connectivity index (χ2n) is 5.04. The van der Waals surface area contributed by atoms with Crippen molar-refractivity contribution in [1.29, 1.82) is 0 Å². The zero-order chi connectivity index (χ0) is 14.2. The molecule has 1 atom stereocenters. The van der Waals surface area contributed by atoms with E-state index in [1.54, 1.807) is 0 Å². The molecule has 0 fully saturated rings. The topological polar surface area (TPSA) is 12.0 Å². The first-order chi connectivity index (χ1) is 9.81. The van der Waals surface area contributed by atoms with Crippen molar-refractivity contribution in [2.24, 2.45) is 0 Å². The first-order valence-electron chi connectivity index (χ1n) is 7.28. The summed E-state index contributed by atoms with van der Waals surface area (Å²) in [6.45, 7) is 4.37. The number of nitrogens with one attached hydrogen (secondary N) is 1. The molecule has 2 aromatic rings. The van der Waals surface area contributed by atoms with Crippen LogP contribution in [0.2, 0.25) is 0 Å². The van der Waals surface area contributed by atoms with E-state index in [2.05, 4.69) is 69.9 Å². The van der Waals surface area contributed by atoms with Gasteiger partial charge in [0.25, 0.3) is 0 Å². The fourth-order valence-electron chi connectivity index (χ4n) is 2.40. The largest absolute Gasteiger partial charge is 0.316 e. The fourth-order valence-corrected chi connectivity index (χ4v) is 3.73. The lowest BCUT2D eigenvalue weighted by Crippen LogP contribution is -2.23. The van der Waals surface area contributed by atoms with Gasteiger partial charge < -0.3 is 5.32 Å². The van der Waals surface area contributed by atoms with Crippen LogP contribution in [0.3, 0.4) is 0 Å². The highest BCUT2D eigenvalue weighted by atomic mass is 79.9. The maximum Gasteiger partial charge on any atom is 0.0210 e. The Morgan fingerprint density at radius 3 is 2.75 bits per heavy atom. The molecule has 20 heavy (non-hydrogen) atoms. The van der Waals surface area contributed by atoms with E-state index in [4.69, 9.17) is 0 Å². The third-order valence-corrected chi connectivity index (χ3v) is 5.14. The second-order valence-corrected chi connectivity index (χ2v) is 6.93. The van der Waals surface area contributed by atoms with Gasteiger partial charge in [-0.15, -0.1) is 11.3 Å². The Bertz CT molecular complexity index is 495. The minimum absolute atomic E-state index is 0.569. The van der Waals surface area contributed by atoms with Gasteiger partial charge in [-0.3, -0.25) is 0 Å². The van der Waals surface area contributed by atoms with Crippen molar-refractivity contribution in [3.05, 3.63) is 56.7 Å². The van der Waals surface area contributed by atoms with Crippen LogP contribution in [0.4, 0.5) is 0 Å². The lowest BCUT2D eigenvalue weighted by molar-refractivity contribution is 0.548. The van der Waals surface area contributed by atoms with Crippen LogP contribution in [0.5, 0.6) is 0 Å². The molecule has 1 unspecified atom stereocenters. The Labute approximate surface area is 134 Å². The molecular weight excluding hydrogens is 330 g/mol. The molecule has 0 saturated heterocycles. The number of rotatable bonds is 8. The van der Waals surface area contributed by atoms with E-state index in [0.717, 1.165) is 19.5 Å². The number of aryl methyl sites for hydroxylation is 1. The van der Waals surface area contributed by atoms with Gasteiger partial charge in [-0.25, -0.2) is 0 Å². The highest BCUT2D eigenvalue weighted by molar-refractivity contribution is 9.10. The Morgan fingerprint density at radius 2 is 2.05 bits per heavy atom. The first kappa shape index (κ1) is 15.7. The van der Waals surface area contributed by atoms with Gasteiger partial charge in [0.1, 0.15) is 0 Å². The number of hydrogen-bond donors (Lipinski definition) is 1. The maximum absolute atomic E-state index is 3.70. The van der Waals surface area contributed by atoms with Gasteiger partial charge in [0, 0.05) is 15.9 Å². The summed E-state index contributed by atoms with van der Waals surface area (Å²) in [6.07, 6.45) is 3.55. The summed E-state index contributed by atoms with van der Waals surface area (Å²) in [5.41, 5.74) is 1.42. The average Bonchev–Trinajstić information content (AvgIpc) is 2.97. The molecule has 1 aromatic carbocycles. The third-order valence-electron chi connectivity index (χ3n) is 3.48. The van der Waals surface area contributed by atoms with Crippen molar-refractivity contribution in [2.45, 2.75) is 32.1 Å². The SMILES string of the molecule is CCCNCC(CCc1cccs1)c1ccccc1Br. The summed E-state index contributed by atoms with van der Waals surface area (Å²) in [4.78, 5) is 1.48. The molecule has 1 nitrogen and oxygen atoms in total. The molecule has 108 valence electrons. The quantitative estimate of drug-likeness (QED) is 0.642. The van der Waals surface area contributed by atoms with Gasteiger partial charge in [0.15, 0.2) is 0 Å². The highest BCUT2D eigenvalue weighted by Crippen LogP contribution is 2.28. The van der Waals surface area contributed by atoms with Crippen molar-refractivity contribution in [3.63, 3.8) is 0 Å². The Morgan fingerprint density at radius 1 is 1.20 bits per heavy atom. The van der Waals surface area contributed by atoms with Gasteiger partial charge in [0.2, 0.25) is 0 Å². The van der Waals surface area contributed by atoms with E-state index in [-0.39, 0.29) is 0 Å². The molecule has 2 rings (SSSR count). The summed E-state index contributed by atoms with van der Waals surface area (Å²) in [5.74, 6) is 0.569. The van der Waals surface area contributed by atoms with Gasteiger partial charge in [-0.1, -0.05) is 47.1 Å². The fraction of sp³-hybridized carbons (Fsp3) is 0.412. The summed E-state index contributed by atoms with van der Waals surface area (Å²) in [7, 11) is 0. The van der Waals surface area contributed by atoms with E-state index in [1.165, 1.54) is 27.8 Å². The standard InChI is InChI=1S/C17H22BrNS/c1-2-11-19-13-14(9-10-15-6-5-12-20-15)16-7-3-4-8-17(16)18/h3-8,12,14,19H,2,9-11,13H2,1H3. The van der Waals surface area contributed by atoms with Crippen LogP contribution >= 0.6 is 27.3 Å². The summed E-state index contributed by atoms with van der Waals surface area (Å²) < 4.78 is 1.23. The summed E-state index contributed by atoms with van der Waals surface area (Å²) in [5, 5.41) is 5.74. The zero-order valence-electron chi connectivity index (χ0n) is 11.9. The number of halogens is 1. The molecule has 0 saturated carbocycles. The molecule has 3 heteroatoms. The zero-order valence-corrected chi connectivity index (χ0v) is 14.3. The van der Waals surface area contributed by atoms with Crippen LogP contribution < -0.4 is 5.32 Å². The van der Waals surface area contributed by atoms with Crippen LogP contribution in [0.1, 0.15) is 36.1 Å². The molecule has 0 amide bonds. The predicted octanol–water partition coefficient (Wildman–Crippen LogP) is 5.23. The average molecular weight is 352 g/mol. The normalized spacial score (nSPS) is 12.5. The lowest BCUT2D eigenvalue weighted by Gasteiger charge is -2.19. The third kappa shape index (κ3) is 4.72. The van der Waals surface area contributed by atoms with E-state index in [9.17, 15) is 0 Å². The van der Waals surface area contributed by atoms with Crippen molar-refractivity contribution in [2.75, 3.05) is 13.1 Å². The van der Waals surface area contributed by atoms with E-state index < -0.39 is 0 Å². The minimum Gasteiger partial charge on any atom is -0.316 e. The smallest absolute Gasteiger partial charge is 0.0210 e. The molecule has 0 aliphatic carbocycles. The van der Waals surface area contributed by atoms with Gasteiger partial charge in [0.05, 0.1) is 0 Å². The summed E-state index contributed by atoms with van der Waals surface area (Å²) in [6, 6.07) is 13.0.